The van der Waals surface area contributed by atoms with Gasteiger partial charge in [0.15, 0.2) is 5.60 Å². The minimum atomic E-state index is -2.03. The van der Waals surface area contributed by atoms with Crippen molar-refractivity contribution in [1.82, 2.24) is 5.32 Å². The number of nitrogens with one attached hydrogen (secondary N) is 1. The van der Waals surface area contributed by atoms with E-state index in [1.807, 2.05) is 0 Å². The standard InChI is InChI=1S/C36H51NO8/c1-4-6-8-11-14-17-29(38)18-15-12-9-10-13-16-19-31(36(42)24-26-45-35(36)41)33(39)37-32(34(40)43-3)27-28-20-22-30(23-21-28)44-25-7-5-2/h16,19-23,31-32,42H,4,6,8-15,17-18,24-27H2,1-3H3,(H,37,39)/t31-,32+,36+/m1/s1. The number of Topliss-reactive ketones (excluding diaryl/α,β-unsaturated/α-hetero) is 1. The van der Waals surface area contributed by atoms with E-state index in [0.717, 1.165) is 44.1 Å². The van der Waals surface area contributed by atoms with Crippen molar-refractivity contribution in [3.05, 3.63) is 42.0 Å². The van der Waals surface area contributed by atoms with Gasteiger partial charge in [0.1, 0.15) is 24.2 Å². The molecule has 1 aliphatic rings. The Morgan fingerprint density at radius 2 is 1.71 bits per heavy atom. The molecule has 0 radical (unpaired) electrons. The van der Waals surface area contributed by atoms with E-state index < -0.39 is 35.4 Å². The smallest absolute Gasteiger partial charge is 0.339 e. The first kappa shape index (κ1) is 37.5. The summed E-state index contributed by atoms with van der Waals surface area (Å²) >= 11 is 0. The highest BCUT2D eigenvalue weighted by Gasteiger charge is 2.51. The molecule has 1 saturated heterocycles. The predicted octanol–water partition coefficient (Wildman–Crippen LogP) is 5.41. The van der Waals surface area contributed by atoms with Crippen LogP contribution in [0.4, 0.5) is 0 Å². The number of allylic oxidation sites excluding steroid dienone is 1. The third-order valence-corrected chi connectivity index (χ3v) is 7.98. The zero-order chi connectivity index (χ0) is 32.9. The van der Waals surface area contributed by atoms with E-state index in [9.17, 15) is 24.3 Å². The SMILES string of the molecule is CC#CCOc1ccc(C[C@H](NC(=O)[C@@H](C=CCCCCCCC(=O)CCCCCCC)[C@@]2(O)CCOC2=O)C(=O)OC)cc1. The molecule has 2 rings (SSSR count). The number of benzene rings is 1. The molecule has 0 aliphatic carbocycles. The average Bonchev–Trinajstić information content (AvgIpc) is 3.38. The minimum Gasteiger partial charge on any atom is -0.481 e. The van der Waals surface area contributed by atoms with Crippen LogP contribution in [0.5, 0.6) is 5.75 Å². The number of aliphatic hydroxyl groups is 1. The van der Waals surface area contributed by atoms with Crippen LogP contribution in [0.15, 0.2) is 36.4 Å². The lowest BCUT2D eigenvalue weighted by molar-refractivity contribution is -0.160. The van der Waals surface area contributed by atoms with E-state index in [-0.39, 0.29) is 26.1 Å². The third kappa shape index (κ3) is 13.5. The Kier molecular flexibility index (Phi) is 17.7. The topological polar surface area (TPSA) is 128 Å². The number of cyclic esters (lactones) is 1. The molecule has 1 aromatic carbocycles. The first-order valence-electron chi connectivity index (χ1n) is 16.3. The highest BCUT2D eigenvalue weighted by Crippen LogP contribution is 2.31. The fourth-order valence-corrected chi connectivity index (χ4v) is 5.24. The van der Waals surface area contributed by atoms with E-state index in [1.54, 1.807) is 37.3 Å². The van der Waals surface area contributed by atoms with Gasteiger partial charge in [0, 0.05) is 25.7 Å². The molecule has 1 aliphatic heterocycles. The summed E-state index contributed by atoms with van der Waals surface area (Å²) in [5.41, 5.74) is -1.28. The van der Waals surface area contributed by atoms with Crippen molar-refractivity contribution >= 4 is 23.6 Å². The van der Waals surface area contributed by atoms with Crippen molar-refractivity contribution in [3.8, 4) is 17.6 Å². The number of ether oxygens (including phenoxy) is 3. The van der Waals surface area contributed by atoms with Crippen LogP contribution < -0.4 is 10.1 Å². The number of carbonyl (C=O) groups is 4. The molecule has 9 nitrogen and oxygen atoms in total. The summed E-state index contributed by atoms with van der Waals surface area (Å²) in [5.74, 6) is 3.10. The number of esters is 2. The summed E-state index contributed by atoms with van der Waals surface area (Å²) in [7, 11) is 1.23. The lowest BCUT2D eigenvalue weighted by Gasteiger charge is -2.27. The first-order chi connectivity index (χ1) is 21.7. The fraction of sp³-hybridized carbons (Fsp3) is 0.611. The highest BCUT2D eigenvalue weighted by molar-refractivity contribution is 5.94. The van der Waals surface area contributed by atoms with Crippen molar-refractivity contribution < 1.29 is 38.5 Å². The predicted molar refractivity (Wildman–Crippen MR) is 172 cm³/mol. The molecule has 45 heavy (non-hydrogen) atoms. The lowest BCUT2D eigenvalue weighted by atomic mass is 9.84. The zero-order valence-electron chi connectivity index (χ0n) is 27.2. The Hall–Kier alpha value is -3.64. The fourth-order valence-electron chi connectivity index (χ4n) is 5.24. The van der Waals surface area contributed by atoms with Gasteiger partial charge in [-0.3, -0.25) is 9.59 Å². The summed E-state index contributed by atoms with van der Waals surface area (Å²) < 4.78 is 15.5. The molecule has 1 amide bonds. The Morgan fingerprint density at radius 1 is 1.04 bits per heavy atom. The van der Waals surface area contributed by atoms with Crippen molar-refractivity contribution in [1.29, 1.82) is 0 Å². The van der Waals surface area contributed by atoms with Crippen LogP contribution in [0.1, 0.15) is 103 Å². The van der Waals surface area contributed by atoms with Crippen molar-refractivity contribution in [2.45, 2.75) is 115 Å². The second-order valence-electron chi connectivity index (χ2n) is 11.5. The maximum atomic E-state index is 13.5. The number of carbonyl (C=O) groups excluding carboxylic acids is 4. The maximum Gasteiger partial charge on any atom is 0.339 e. The van der Waals surface area contributed by atoms with Crippen LogP contribution in [0.2, 0.25) is 0 Å². The summed E-state index contributed by atoms with van der Waals surface area (Å²) in [6.07, 6.45) is 14.7. The van der Waals surface area contributed by atoms with Crippen LogP contribution in [0, 0.1) is 17.8 Å². The zero-order valence-corrected chi connectivity index (χ0v) is 27.2. The Balaban J connectivity index is 1.93. The molecule has 0 saturated carbocycles. The van der Waals surface area contributed by atoms with E-state index in [2.05, 4.69) is 24.1 Å². The summed E-state index contributed by atoms with van der Waals surface area (Å²) in [4.78, 5) is 50.7. The number of unbranched alkanes of at least 4 members (excludes halogenated alkanes) is 8. The molecule has 1 aromatic rings. The molecule has 0 aromatic heterocycles. The monoisotopic (exact) mass is 625 g/mol. The maximum absolute atomic E-state index is 13.5. The first-order valence-corrected chi connectivity index (χ1v) is 16.3. The van der Waals surface area contributed by atoms with Gasteiger partial charge in [0.2, 0.25) is 5.91 Å². The number of rotatable bonds is 22. The molecule has 1 fully saturated rings. The largest absolute Gasteiger partial charge is 0.481 e. The number of methoxy groups -OCH3 is 1. The van der Waals surface area contributed by atoms with Gasteiger partial charge in [-0.15, -0.1) is 5.92 Å². The summed E-state index contributed by atoms with van der Waals surface area (Å²) in [6, 6.07) is 6.01. The van der Waals surface area contributed by atoms with Crippen LogP contribution in [0.25, 0.3) is 0 Å². The van der Waals surface area contributed by atoms with Crippen LogP contribution in [-0.4, -0.2) is 60.7 Å². The highest BCUT2D eigenvalue weighted by atomic mass is 16.6. The minimum absolute atomic E-state index is 0.00308. The van der Waals surface area contributed by atoms with Gasteiger partial charge in [0.05, 0.1) is 19.6 Å². The van der Waals surface area contributed by atoms with Gasteiger partial charge < -0.3 is 24.6 Å². The molecular weight excluding hydrogens is 574 g/mol. The summed E-state index contributed by atoms with van der Waals surface area (Å²) in [6.45, 7) is 4.17. The van der Waals surface area contributed by atoms with Gasteiger partial charge >= 0.3 is 11.9 Å². The number of hydrogen-bond acceptors (Lipinski definition) is 8. The van der Waals surface area contributed by atoms with Crippen molar-refractivity contribution in [2.24, 2.45) is 5.92 Å². The lowest BCUT2D eigenvalue weighted by Crippen LogP contribution is -2.53. The second kappa shape index (κ2) is 21.2. The van der Waals surface area contributed by atoms with Crippen LogP contribution in [-0.2, 0) is 35.1 Å². The Morgan fingerprint density at radius 3 is 2.31 bits per heavy atom. The van der Waals surface area contributed by atoms with E-state index in [4.69, 9.17) is 14.2 Å². The van der Waals surface area contributed by atoms with Gasteiger partial charge in [-0.05, 0) is 50.3 Å². The normalized spacial score (nSPS) is 17.2. The van der Waals surface area contributed by atoms with Gasteiger partial charge in [-0.2, -0.15) is 0 Å². The molecule has 1 heterocycles. The van der Waals surface area contributed by atoms with E-state index >= 15 is 0 Å². The quantitative estimate of drug-likeness (QED) is 0.0758. The van der Waals surface area contributed by atoms with Crippen molar-refractivity contribution in [3.63, 3.8) is 0 Å². The average molecular weight is 626 g/mol. The number of amides is 1. The van der Waals surface area contributed by atoms with E-state index in [1.165, 1.54) is 32.4 Å². The van der Waals surface area contributed by atoms with Crippen LogP contribution >= 0.6 is 0 Å². The number of ketones is 1. The molecule has 9 heteroatoms. The van der Waals surface area contributed by atoms with Crippen LogP contribution in [0.3, 0.4) is 0 Å². The molecule has 0 spiro atoms. The molecule has 3 atom stereocenters. The molecule has 0 bridgehead atoms. The van der Waals surface area contributed by atoms with Crippen molar-refractivity contribution in [2.75, 3.05) is 20.3 Å². The third-order valence-electron chi connectivity index (χ3n) is 7.98. The Bertz CT molecular complexity index is 1170. The van der Waals surface area contributed by atoms with Gasteiger partial charge in [0.25, 0.3) is 0 Å². The summed E-state index contributed by atoms with van der Waals surface area (Å²) in [5, 5.41) is 13.9. The van der Waals surface area contributed by atoms with Gasteiger partial charge in [-0.25, -0.2) is 9.59 Å². The molecule has 2 N–H and O–H groups in total. The molecule has 248 valence electrons. The number of hydrogen-bond donors (Lipinski definition) is 2. The van der Waals surface area contributed by atoms with E-state index in [0.29, 0.717) is 30.8 Å². The molecular formula is C36H51NO8. The second-order valence-corrected chi connectivity index (χ2v) is 11.5. The Labute approximate surface area is 268 Å². The molecule has 0 unspecified atom stereocenters. The van der Waals surface area contributed by atoms with Gasteiger partial charge in [-0.1, -0.05) is 75.7 Å².